The molecule has 1 aliphatic rings. The molecule has 2 aromatic heterocycles. The molecular formula is C23H24N4O. The van der Waals surface area contributed by atoms with Gasteiger partial charge in [-0.25, -0.2) is 4.98 Å². The molecule has 28 heavy (non-hydrogen) atoms. The maximum absolute atomic E-state index is 13.2. The zero-order chi connectivity index (χ0) is 19.5. The van der Waals surface area contributed by atoms with Crippen LogP contribution < -0.4 is 0 Å². The van der Waals surface area contributed by atoms with Crippen LogP contribution in [-0.4, -0.2) is 32.3 Å². The number of piperidine rings is 1. The van der Waals surface area contributed by atoms with Crippen LogP contribution in [0.2, 0.25) is 0 Å². The summed E-state index contributed by atoms with van der Waals surface area (Å²) >= 11 is 0. The molecule has 0 bridgehead atoms. The number of pyridine rings is 1. The predicted molar refractivity (Wildman–Crippen MR) is 109 cm³/mol. The smallest absolute Gasteiger partial charge is 0.254 e. The molecule has 0 saturated carbocycles. The number of amides is 1. The van der Waals surface area contributed by atoms with Crippen molar-refractivity contribution in [1.82, 2.24) is 19.9 Å². The van der Waals surface area contributed by atoms with Crippen LogP contribution in [0.4, 0.5) is 0 Å². The van der Waals surface area contributed by atoms with Crippen molar-refractivity contribution in [3.05, 3.63) is 77.5 Å². The molecular weight excluding hydrogens is 348 g/mol. The second kappa shape index (κ2) is 7.89. The number of hydrogen-bond acceptors (Lipinski definition) is 4. The second-order valence-electron chi connectivity index (χ2n) is 7.32. The minimum Gasteiger partial charge on any atom is -0.332 e. The van der Waals surface area contributed by atoms with Crippen molar-refractivity contribution >= 4 is 5.91 Å². The van der Waals surface area contributed by atoms with E-state index in [1.54, 1.807) is 12.4 Å². The summed E-state index contributed by atoms with van der Waals surface area (Å²) in [6.07, 6.45) is 8.57. The van der Waals surface area contributed by atoms with Gasteiger partial charge in [0, 0.05) is 36.3 Å². The number of rotatable bonds is 3. The highest BCUT2D eigenvalue weighted by Crippen LogP contribution is 2.32. The van der Waals surface area contributed by atoms with E-state index in [9.17, 15) is 4.79 Å². The first-order chi connectivity index (χ1) is 13.6. The lowest BCUT2D eigenvalue weighted by Gasteiger charge is -2.36. The fourth-order valence-electron chi connectivity index (χ4n) is 3.84. The van der Waals surface area contributed by atoms with Crippen LogP contribution in [0.5, 0.6) is 0 Å². The Morgan fingerprint density at radius 2 is 1.89 bits per heavy atom. The number of aryl methyl sites for hydroxylation is 2. The Labute approximate surface area is 165 Å². The van der Waals surface area contributed by atoms with Crippen LogP contribution in [0.1, 0.15) is 52.6 Å². The molecule has 142 valence electrons. The van der Waals surface area contributed by atoms with Crippen molar-refractivity contribution < 1.29 is 4.79 Å². The van der Waals surface area contributed by atoms with Crippen LogP contribution in [0.15, 0.2) is 55.0 Å². The van der Waals surface area contributed by atoms with Gasteiger partial charge in [0.15, 0.2) is 0 Å². The molecule has 0 aliphatic carbocycles. The molecule has 0 radical (unpaired) electrons. The second-order valence-corrected chi connectivity index (χ2v) is 7.32. The lowest BCUT2D eigenvalue weighted by Crippen LogP contribution is -2.38. The van der Waals surface area contributed by atoms with Crippen LogP contribution in [0.25, 0.3) is 11.3 Å². The van der Waals surface area contributed by atoms with E-state index < -0.39 is 0 Å². The van der Waals surface area contributed by atoms with E-state index >= 15 is 0 Å². The molecule has 3 heterocycles. The van der Waals surface area contributed by atoms with Crippen molar-refractivity contribution in [2.75, 3.05) is 6.54 Å². The fraction of sp³-hybridized carbons (Fsp3) is 0.304. The Morgan fingerprint density at radius 3 is 2.64 bits per heavy atom. The molecule has 5 heteroatoms. The van der Waals surface area contributed by atoms with Crippen molar-refractivity contribution in [2.45, 2.75) is 39.2 Å². The number of carbonyl (C=O) groups is 1. The molecule has 1 aromatic carbocycles. The van der Waals surface area contributed by atoms with Gasteiger partial charge in [0.25, 0.3) is 5.91 Å². The van der Waals surface area contributed by atoms with Crippen LogP contribution in [-0.2, 0) is 0 Å². The SMILES string of the molecule is Cc1cnc(C)c(-c2ccc(C(=O)N3CCCC[C@@H]3c3cccnc3)cc2)n1. The molecule has 1 saturated heterocycles. The predicted octanol–water partition coefficient (Wildman–Crippen LogP) is 4.52. The molecule has 0 spiro atoms. The Morgan fingerprint density at radius 1 is 1.07 bits per heavy atom. The number of aromatic nitrogens is 3. The highest BCUT2D eigenvalue weighted by atomic mass is 16.2. The molecule has 0 unspecified atom stereocenters. The van der Waals surface area contributed by atoms with Crippen molar-refractivity contribution in [3.63, 3.8) is 0 Å². The average molecular weight is 372 g/mol. The minimum absolute atomic E-state index is 0.0761. The molecule has 1 fully saturated rings. The third-order valence-corrected chi connectivity index (χ3v) is 5.31. The number of nitrogens with zero attached hydrogens (tertiary/aromatic N) is 4. The van der Waals surface area contributed by atoms with Gasteiger partial charge in [-0.3, -0.25) is 14.8 Å². The third-order valence-electron chi connectivity index (χ3n) is 5.31. The van der Waals surface area contributed by atoms with E-state index in [1.165, 1.54) is 0 Å². The summed E-state index contributed by atoms with van der Waals surface area (Å²) in [4.78, 5) is 28.4. The van der Waals surface area contributed by atoms with Gasteiger partial charge >= 0.3 is 0 Å². The molecule has 4 rings (SSSR count). The molecule has 1 amide bonds. The minimum atomic E-state index is 0.0761. The van der Waals surface area contributed by atoms with Crippen LogP contribution in [0.3, 0.4) is 0 Å². The summed E-state index contributed by atoms with van der Waals surface area (Å²) in [5, 5.41) is 0. The van der Waals surface area contributed by atoms with Gasteiger partial charge in [-0.05, 0) is 56.9 Å². The zero-order valence-corrected chi connectivity index (χ0v) is 16.3. The van der Waals surface area contributed by atoms with Crippen LogP contribution >= 0.6 is 0 Å². The third kappa shape index (κ3) is 3.65. The largest absolute Gasteiger partial charge is 0.332 e. The summed E-state index contributed by atoms with van der Waals surface area (Å²) in [6.45, 7) is 4.67. The lowest BCUT2D eigenvalue weighted by molar-refractivity contribution is 0.0611. The summed E-state index contributed by atoms with van der Waals surface area (Å²) < 4.78 is 0. The first kappa shape index (κ1) is 18.3. The lowest BCUT2D eigenvalue weighted by atomic mass is 9.95. The Kier molecular flexibility index (Phi) is 5.15. The summed E-state index contributed by atoms with van der Waals surface area (Å²) in [5.74, 6) is 0.0761. The monoisotopic (exact) mass is 372 g/mol. The van der Waals surface area contributed by atoms with Crippen LogP contribution in [0, 0.1) is 13.8 Å². The topological polar surface area (TPSA) is 59.0 Å². The van der Waals surface area contributed by atoms with Gasteiger partial charge in [-0.1, -0.05) is 18.2 Å². The average Bonchev–Trinajstić information content (AvgIpc) is 2.76. The standard InChI is InChI=1S/C23H24N4O/c1-16-14-25-17(2)22(26-16)18-8-10-19(11-9-18)23(28)27-13-4-3-7-21(27)20-6-5-12-24-15-20/h5-6,8-12,14-15,21H,3-4,7,13H2,1-2H3/t21-/m1/s1. The van der Waals surface area contributed by atoms with E-state index in [1.807, 2.05) is 55.3 Å². The van der Waals surface area contributed by atoms with Crippen molar-refractivity contribution in [2.24, 2.45) is 0 Å². The maximum Gasteiger partial charge on any atom is 0.254 e. The Balaban J connectivity index is 1.60. The fourth-order valence-corrected chi connectivity index (χ4v) is 3.84. The van der Waals surface area contributed by atoms with E-state index in [4.69, 9.17) is 0 Å². The summed E-state index contributed by atoms with van der Waals surface area (Å²) in [7, 11) is 0. The van der Waals surface area contributed by atoms with Gasteiger partial charge in [0.1, 0.15) is 0 Å². The van der Waals surface area contributed by atoms with Crippen molar-refractivity contribution in [1.29, 1.82) is 0 Å². The Hall–Kier alpha value is -3.08. The number of likely N-dealkylation sites (tertiary alicyclic amines) is 1. The quantitative estimate of drug-likeness (QED) is 0.678. The van der Waals surface area contributed by atoms with Gasteiger partial charge < -0.3 is 4.90 Å². The molecule has 3 aromatic rings. The normalized spacial score (nSPS) is 16.8. The number of carbonyl (C=O) groups excluding carboxylic acids is 1. The summed E-state index contributed by atoms with van der Waals surface area (Å²) in [6, 6.07) is 11.8. The highest BCUT2D eigenvalue weighted by Gasteiger charge is 2.28. The van der Waals surface area contributed by atoms with Gasteiger partial charge in [-0.2, -0.15) is 0 Å². The molecule has 1 atom stereocenters. The number of benzene rings is 1. The van der Waals surface area contributed by atoms with Gasteiger partial charge in [0.05, 0.1) is 23.1 Å². The zero-order valence-electron chi connectivity index (χ0n) is 16.3. The molecule has 0 N–H and O–H groups in total. The Bertz CT molecular complexity index is 970. The van der Waals surface area contributed by atoms with Gasteiger partial charge in [0.2, 0.25) is 0 Å². The first-order valence-corrected chi connectivity index (χ1v) is 9.75. The molecule has 5 nitrogen and oxygen atoms in total. The van der Waals surface area contributed by atoms with E-state index in [2.05, 4.69) is 21.0 Å². The number of hydrogen-bond donors (Lipinski definition) is 0. The van der Waals surface area contributed by atoms with E-state index in [-0.39, 0.29) is 11.9 Å². The van der Waals surface area contributed by atoms with Crippen molar-refractivity contribution in [3.8, 4) is 11.3 Å². The highest BCUT2D eigenvalue weighted by molar-refractivity contribution is 5.95. The maximum atomic E-state index is 13.2. The van der Waals surface area contributed by atoms with E-state index in [0.717, 1.165) is 54.0 Å². The summed E-state index contributed by atoms with van der Waals surface area (Å²) in [5.41, 5.74) is 5.43. The first-order valence-electron chi connectivity index (χ1n) is 9.75. The van der Waals surface area contributed by atoms with E-state index in [0.29, 0.717) is 5.56 Å². The molecule has 1 aliphatic heterocycles. The van der Waals surface area contributed by atoms with Gasteiger partial charge in [-0.15, -0.1) is 0 Å².